The Morgan fingerprint density at radius 1 is 1.23 bits per heavy atom. The Morgan fingerprint density at radius 2 is 1.94 bits per heavy atom. The Kier molecular flexibility index (Phi) is 6.49. The molecule has 8 nitrogen and oxygen atoms in total. The van der Waals surface area contributed by atoms with Crippen molar-refractivity contribution in [1.82, 2.24) is 10.2 Å². The molecule has 2 aromatic rings. The Bertz CT molecular complexity index is 984. The molecule has 0 aliphatic carbocycles. The number of aliphatic hydroxyl groups is 1. The van der Waals surface area contributed by atoms with Crippen LogP contribution >= 0.6 is 27.5 Å². The molecule has 1 saturated heterocycles. The number of ether oxygens (including phenoxy) is 1. The van der Waals surface area contributed by atoms with Gasteiger partial charge in [-0.2, -0.15) is 0 Å². The average Bonchev–Trinajstić information content (AvgIpc) is 2.76. The number of benzene rings is 2. The highest BCUT2D eigenvalue weighted by Crippen LogP contribution is 2.41. The highest BCUT2D eigenvalue weighted by atomic mass is 79.9. The highest BCUT2D eigenvalue weighted by Gasteiger charge is 2.52. The summed E-state index contributed by atoms with van der Waals surface area (Å²) >= 11 is 9.37. The van der Waals surface area contributed by atoms with E-state index in [2.05, 4.69) is 31.5 Å². The Labute approximate surface area is 193 Å². The Hall–Kier alpha value is -2.17. The monoisotopic (exact) mass is 508 g/mol. The molecule has 1 fully saturated rings. The van der Waals surface area contributed by atoms with Crippen LogP contribution in [-0.4, -0.2) is 61.3 Å². The Balaban J connectivity index is 1.66. The smallest absolute Gasteiger partial charge is 0.329 e. The van der Waals surface area contributed by atoms with Crippen molar-refractivity contribution in [1.29, 1.82) is 0 Å². The van der Waals surface area contributed by atoms with E-state index in [0.29, 0.717) is 47.2 Å². The number of rotatable bonds is 5. The third kappa shape index (κ3) is 4.42. The molecule has 1 atom stereocenters. The molecule has 0 spiro atoms. The second-order valence-corrected chi connectivity index (χ2v) is 8.67. The second-order valence-electron chi connectivity index (χ2n) is 7.31. The van der Waals surface area contributed by atoms with Gasteiger partial charge in [-0.25, -0.2) is 4.79 Å². The van der Waals surface area contributed by atoms with Crippen LogP contribution in [0.2, 0.25) is 5.02 Å². The van der Waals surface area contributed by atoms with Gasteiger partial charge in [0.15, 0.2) is 0 Å². The number of hydrogen-bond donors (Lipinski definition) is 3. The maximum absolute atomic E-state index is 13.4. The van der Waals surface area contributed by atoms with E-state index < -0.39 is 17.7 Å². The van der Waals surface area contributed by atoms with Crippen LogP contribution in [-0.2, 0) is 15.3 Å². The average molecular weight is 510 g/mol. The van der Waals surface area contributed by atoms with Gasteiger partial charge in [-0.1, -0.05) is 27.5 Å². The van der Waals surface area contributed by atoms with Crippen LogP contribution in [0.3, 0.4) is 0 Å². The molecule has 164 valence electrons. The van der Waals surface area contributed by atoms with Crippen molar-refractivity contribution in [2.45, 2.75) is 5.72 Å². The van der Waals surface area contributed by atoms with Crippen molar-refractivity contribution in [3.63, 3.8) is 0 Å². The summed E-state index contributed by atoms with van der Waals surface area (Å²) in [5.74, 6) is -0.690. The van der Waals surface area contributed by atoms with Crippen molar-refractivity contribution >= 4 is 50.8 Å². The zero-order valence-electron chi connectivity index (χ0n) is 16.6. The first-order valence-electron chi connectivity index (χ1n) is 9.87. The molecule has 2 heterocycles. The van der Waals surface area contributed by atoms with Crippen LogP contribution in [0.1, 0.15) is 5.56 Å². The Morgan fingerprint density at radius 3 is 2.65 bits per heavy atom. The van der Waals surface area contributed by atoms with Crippen LogP contribution in [0, 0.1) is 0 Å². The molecule has 0 bridgehead atoms. The molecule has 0 radical (unpaired) electrons. The van der Waals surface area contributed by atoms with Crippen LogP contribution < -0.4 is 15.5 Å². The fraction of sp³-hybridized carbons (Fsp3) is 0.333. The number of nitrogens with one attached hydrogen (secondary N) is 2. The summed E-state index contributed by atoms with van der Waals surface area (Å²) in [6.45, 7) is 3.82. The largest absolute Gasteiger partial charge is 0.379 e. The topological polar surface area (TPSA) is 94.1 Å². The molecule has 0 saturated carbocycles. The zero-order valence-corrected chi connectivity index (χ0v) is 18.9. The summed E-state index contributed by atoms with van der Waals surface area (Å²) in [5.41, 5.74) is -1.29. The number of carbonyl (C=O) groups is 2. The van der Waals surface area contributed by atoms with Gasteiger partial charge in [0.05, 0.1) is 18.9 Å². The molecular weight excluding hydrogens is 488 g/mol. The summed E-state index contributed by atoms with van der Waals surface area (Å²) in [6, 6.07) is 10.7. The summed E-state index contributed by atoms with van der Waals surface area (Å²) < 4.78 is 6.00. The summed E-state index contributed by atoms with van der Waals surface area (Å²) in [5, 5.41) is 17.8. The molecule has 4 rings (SSSR count). The number of anilines is 2. The highest BCUT2D eigenvalue weighted by molar-refractivity contribution is 9.10. The first-order chi connectivity index (χ1) is 14.9. The first kappa shape index (κ1) is 22.0. The maximum Gasteiger partial charge on any atom is 0.329 e. The van der Waals surface area contributed by atoms with Crippen molar-refractivity contribution in [2.24, 2.45) is 0 Å². The van der Waals surface area contributed by atoms with E-state index in [0.717, 1.165) is 18.0 Å². The number of amides is 3. The molecule has 2 aromatic carbocycles. The van der Waals surface area contributed by atoms with Crippen molar-refractivity contribution in [3.05, 3.63) is 57.5 Å². The number of fused-ring (bicyclic) bond motifs is 1. The zero-order chi connectivity index (χ0) is 22.0. The summed E-state index contributed by atoms with van der Waals surface area (Å²) in [4.78, 5) is 29.6. The van der Waals surface area contributed by atoms with Gasteiger partial charge in [0.25, 0.3) is 11.6 Å². The van der Waals surface area contributed by atoms with Gasteiger partial charge in [0.1, 0.15) is 0 Å². The normalized spacial score (nSPS) is 21.4. The van der Waals surface area contributed by atoms with Gasteiger partial charge in [0.2, 0.25) is 0 Å². The maximum atomic E-state index is 13.4. The molecule has 3 amide bonds. The first-order valence-corrected chi connectivity index (χ1v) is 11.0. The van der Waals surface area contributed by atoms with Gasteiger partial charge in [-0.05, 0) is 42.5 Å². The quantitative estimate of drug-likeness (QED) is 0.576. The van der Waals surface area contributed by atoms with E-state index in [1.807, 2.05) is 0 Å². The van der Waals surface area contributed by atoms with Gasteiger partial charge < -0.3 is 20.5 Å². The lowest BCUT2D eigenvalue weighted by molar-refractivity contribution is -0.140. The van der Waals surface area contributed by atoms with E-state index in [4.69, 9.17) is 16.3 Å². The third-order valence-electron chi connectivity index (χ3n) is 5.34. The molecule has 0 unspecified atom stereocenters. The van der Waals surface area contributed by atoms with E-state index in [-0.39, 0.29) is 5.56 Å². The molecule has 3 N–H and O–H groups in total. The molecule has 31 heavy (non-hydrogen) atoms. The van der Waals surface area contributed by atoms with Gasteiger partial charge in [-0.15, -0.1) is 0 Å². The number of nitrogens with zero attached hydrogens (tertiary/aromatic N) is 2. The fourth-order valence-corrected chi connectivity index (χ4v) is 4.23. The number of urea groups is 1. The van der Waals surface area contributed by atoms with Crippen LogP contribution in [0.15, 0.2) is 46.9 Å². The van der Waals surface area contributed by atoms with E-state index in [1.54, 1.807) is 42.5 Å². The minimum Gasteiger partial charge on any atom is -0.379 e. The van der Waals surface area contributed by atoms with Crippen LogP contribution in [0.5, 0.6) is 0 Å². The van der Waals surface area contributed by atoms with Crippen molar-refractivity contribution in [2.75, 3.05) is 49.6 Å². The number of morpholine rings is 1. The van der Waals surface area contributed by atoms with Crippen molar-refractivity contribution < 1.29 is 19.4 Å². The lowest BCUT2D eigenvalue weighted by atomic mass is 9.95. The predicted octanol–water partition coefficient (Wildman–Crippen LogP) is 2.75. The van der Waals surface area contributed by atoms with Gasteiger partial charge in [-0.3, -0.25) is 14.6 Å². The summed E-state index contributed by atoms with van der Waals surface area (Å²) in [6.07, 6.45) is 0. The van der Waals surface area contributed by atoms with Gasteiger partial charge in [0, 0.05) is 46.9 Å². The van der Waals surface area contributed by atoms with E-state index >= 15 is 0 Å². The van der Waals surface area contributed by atoms with Gasteiger partial charge >= 0.3 is 6.03 Å². The van der Waals surface area contributed by atoms with Crippen LogP contribution in [0.4, 0.5) is 16.2 Å². The lowest BCUT2D eigenvalue weighted by Crippen LogP contribution is -2.63. The predicted molar refractivity (Wildman–Crippen MR) is 121 cm³/mol. The van der Waals surface area contributed by atoms with E-state index in [9.17, 15) is 14.7 Å². The fourth-order valence-electron chi connectivity index (χ4n) is 3.75. The minimum absolute atomic E-state index is 0.264. The minimum atomic E-state index is -2.25. The third-order valence-corrected chi connectivity index (χ3v) is 6.09. The van der Waals surface area contributed by atoms with Crippen molar-refractivity contribution in [3.8, 4) is 0 Å². The molecule has 2 aliphatic heterocycles. The van der Waals surface area contributed by atoms with E-state index in [1.165, 1.54) is 0 Å². The number of carbonyl (C=O) groups excluding carboxylic acids is 2. The standard InChI is InChI=1S/C21H22BrClN4O4/c22-14-1-6-18-17(13-14)21(30,19(28)24-7-8-26-9-11-31-12-10-26)27(20(29)25-18)16-4-2-15(23)3-5-16/h1-6,13,30H,7-12H2,(H,24,28)(H,25,29)/t21-/m0/s1. The molecule has 10 heteroatoms. The molecule has 0 aromatic heterocycles. The summed E-state index contributed by atoms with van der Waals surface area (Å²) in [7, 11) is 0. The number of halogens is 2. The number of hydrogen-bond acceptors (Lipinski definition) is 5. The molecule has 2 aliphatic rings. The molecular formula is C21H22BrClN4O4. The van der Waals surface area contributed by atoms with Crippen LogP contribution in [0.25, 0.3) is 0 Å². The SMILES string of the molecule is O=C1Nc2ccc(Br)cc2[C@](O)(C(=O)NCCN2CCOCC2)N1c1ccc(Cl)cc1. The second kappa shape index (κ2) is 9.13. The lowest BCUT2D eigenvalue weighted by Gasteiger charge is -2.42.